The average molecular weight is 232 g/mol. The molecule has 1 aliphatic rings. The third-order valence-electron chi connectivity index (χ3n) is 2.74. The molecule has 1 aromatic rings. The number of hydrogen-bond acceptors (Lipinski definition) is 3. The number of hydrogen-bond donors (Lipinski definition) is 1. The molecule has 2 rings (SSSR count). The maximum Gasteiger partial charge on any atom is 0.0554 e. The van der Waals surface area contributed by atoms with Crippen LogP contribution in [0.15, 0.2) is 6.20 Å². The maximum absolute atomic E-state index is 5.46. The Hall–Kier alpha value is -0.580. The van der Waals surface area contributed by atoms with E-state index in [0.717, 1.165) is 26.3 Å². The first kappa shape index (κ1) is 12.5. The van der Waals surface area contributed by atoms with Gasteiger partial charge in [0.25, 0.3) is 0 Å². The molecule has 0 aliphatic carbocycles. The first-order chi connectivity index (χ1) is 6.83. The monoisotopic (exact) mass is 231 g/mol. The Morgan fingerprint density at radius 1 is 1.67 bits per heavy atom. The van der Waals surface area contributed by atoms with E-state index in [9.17, 15) is 0 Å². The van der Waals surface area contributed by atoms with Crippen LogP contribution in [0.4, 0.5) is 0 Å². The SMILES string of the molecule is CCOCC1CNCc2c1cnn2C.Cl. The third-order valence-corrected chi connectivity index (χ3v) is 2.74. The predicted octanol–water partition coefficient (Wildman–Crippen LogP) is 1.07. The van der Waals surface area contributed by atoms with Gasteiger partial charge in [-0.05, 0) is 6.92 Å². The van der Waals surface area contributed by atoms with E-state index in [1.165, 1.54) is 11.3 Å². The second-order valence-corrected chi connectivity index (χ2v) is 3.66. The van der Waals surface area contributed by atoms with Gasteiger partial charge >= 0.3 is 0 Å². The molecule has 1 N–H and O–H groups in total. The van der Waals surface area contributed by atoms with Gasteiger partial charge in [0, 0.05) is 38.2 Å². The van der Waals surface area contributed by atoms with Crippen molar-refractivity contribution in [3.05, 3.63) is 17.5 Å². The Labute approximate surface area is 96.4 Å². The Morgan fingerprint density at radius 2 is 2.47 bits per heavy atom. The lowest BCUT2D eigenvalue weighted by Crippen LogP contribution is -2.31. The summed E-state index contributed by atoms with van der Waals surface area (Å²) in [6, 6.07) is 0. The molecule has 86 valence electrons. The molecular formula is C10H18ClN3O. The van der Waals surface area contributed by atoms with Gasteiger partial charge in [-0.1, -0.05) is 0 Å². The maximum atomic E-state index is 5.46. The molecule has 1 atom stereocenters. The normalized spacial score (nSPS) is 19.5. The topological polar surface area (TPSA) is 39.1 Å². The minimum Gasteiger partial charge on any atom is -0.381 e. The highest BCUT2D eigenvalue weighted by atomic mass is 35.5. The summed E-state index contributed by atoms with van der Waals surface area (Å²) in [6.45, 7) is 5.53. The summed E-state index contributed by atoms with van der Waals surface area (Å²) < 4.78 is 7.41. The summed E-state index contributed by atoms with van der Waals surface area (Å²) in [6.07, 6.45) is 1.97. The summed E-state index contributed by atoms with van der Waals surface area (Å²) in [5.74, 6) is 0.465. The average Bonchev–Trinajstić information content (AvgIpc) is 2.58. The fourth-order valence-electron chi connectivity index (χ4n) is 1.92. The predicted molar refractivity (Wildman–Crippen MR) is 61.4 cm³/mol. The fraction of sp³-hybridized carbons (Fsp3) is 0.700. The lowest BCUT2D eigenvalue weighted by Gasteiger charge is -2.23. The second-order valence-electron chi connectivity index (χ2n) is 3.66. The van der Waals surface area contributed by atoms with Gasteiger partial charge in [-0.25, -0.2) is 0 Å². The molecule has 2 heterocycles. The van der Waals surface area contributed by atoms with Crippen LogP contribution in [0, 0.1) is 0 Å². The van der Waals surface area contributed by atoms with E-state index < -0.39 is 0 Å². The van der Waals surface area contributed by atoms with E-state index in [-0.39, 0.29) is 12.4 Å². The first-order valence-corrected chi connectivity index (χ1v) is 5.12. The number of ether oxygens (including phenoxy) is 1. The third kappa shape index (κ3) is 2.51. The molecule has 0 radical (unpaired) electrons. The molecule has 1 aliphatic heterocycles. The van der Waals surface area contributed by atoms with Crippen LogP contribution in [0.25, 0.3) is 0 Å². The van der Waals surface area contributed by atoms with Crippen LogP contribution in [0.1, 0.15) is 24.1 Å². The molecule has 0 saturated carbocycles. The Bertz CT molecular complexity index is 314. The van der Waals surface area contributed by atoms with Gasteiger partial charge in [-0.15, -0.1) is 12.4 Å². The van der Waals surface area contributed by atoms with Crippen LogP contribution in [-0.4, -0.2) is 29.5 Å². The molecule has 0 saturated heterocycles. The number of rotatable bonds is 3. The molecule has 1 aromatic heterocycles. The van der Waals surface area contributed by atoms with Gasteiger partial charge in [0.1, 0.15) is 0 Å². The van der Waals surface area contributed by atoms with Crippen LogP contribution in [0.5, 0.6) is 0 Å². The first-order valence-electron chi connectivity index (χ1n) is 5.12. The molecule has 0 bridgehead atoms. The van der Waals surface area contributed by atoms with Crippen LogP contribution < -0.4 is 5.32 Å². The molecule has 0 spiro atoms. The largest absolute Gasteiger partial charge is 0.381 e. The van der Waals surface area contributed by atoms with Crippen molar-refractivity contribution in [1.82, 2.24) is 15.1 Å². The lowest BCUT2D eigenvalue weighted by molar-refractivity contribution is 0.129. The van der Waals surface area contributed by atoms with E-state index in [1.54, 1.807) is 0 Å². The van der Waals surface area contributed by atoms with Gasteiger partial charge in [0.15, 0.2) is 0 Å². The van der Waals surface area contributed by atoms with E-state index in [4.69, 9.17) is 4.74 Å². The summed E-state index contributed by atoms with van der Waals surface area (Å²) in [5, 5.41) is 7.66. The minimum atomic E-state index is 0. The summed E-state index contributed by atoms with van der Waals surface area (Å²) in [7, 11) is 1.99. The van der Waals surface area contributed by atoms with Crippen molar-refractivity contribution in [2.75, 3.05) is 19.8 Å². The number of halogens is 1. The van der Waals surface area contributed by atoms with Crippen molar-refractivity contribution in [2.24, 2.45) is 7.05 Å². The van der Waals surface area contributed by atoms with Gasteiger partial charge < -0.3 is 10.1 Å². The van der Waals surface area contributed by atoms with Crippen molar-refractivity contribution in [2.45, 2.75) is 19.4 Å². The molecule has 0 amide bonds. The number of nitrogens with zero attached hydrogens (tertiary/aromatic N) is 2. The molecule has 1 unspecified atom stereocenters. The lowest BCUT2D eigenvalue weighted by atomic mass is 9.97. The van der Waals surface area contributed by atoms with E-state index in [2.05, 4.69) is 10.4 Å². The number of aryl methyl sites for hydroxylation is 1. The van der Waals surface area contributed by atoms with E-state index >= 15 is 0 Å². The quantitative estimate of drug-likeness (QED) is 0.846. The van der Waals surface area contributed by atoms with Crippen LogP contribution in [0.3, 0.4) is 0 Å². The number of nitrogens with one attached hydrogen (secondary N) is 1. The fourth-order valence-corrected chi connectivity index (χ4v) is 1.92. The molecule has 0 aromatic carbocycles. The van der Waals surface area contributed by atoms with Crippen molar-refractivity contribution in [3.8, 4) is 0 Å². The van der Waals surface area contributed by atoms with E-state index in [1.807, 2.05) is 24.9 Å². The second kappa shape index (κ2) is 5.49. The van der Waals surface area contributed by atoms with Gasteiger partial charge in [0.2, 0.25) is 0 Å². The molecule has 0 fully saturated rings. The highest BCUT2D eigenvalue weighted by molar-refractivity contribution is 5.85. The van der Waals surface area contributed by atoms with Crippen molar-refractivity contribution >= 4 is 12.4 Å². The zero-order valence-electron chi connectivity index (χ0n) is 9.19. The smallest absolute Gasteiger partial charge is 0.0554 e. The van der Waals surface area contributed by atoms with Crippen LogP contribution in [0.2, 0.25) is 0 Å². The van der Waals surface area contributed by atoms with Crippen molar-refractivity contribution < 1.29 is 4.74 Å². The van der Waals surface area contributed by atoms with Gasteiger partial charge in [-0.3, -0.25) is 4.68 Å². The Kier molecular flexibility index (Phi) is 4.57. The summed E-state index contributed by atoms with van der Waals surface area (Å²) >= 11 is 0. The highest BCUT2D eigenvalue weighted by Gasteiger charge is 2.22. The van der Waals surface area contributed by atoms with Crippen molar-refractivity contribution in [1.29, 1.82) is 0 Å². The standard InChI is InChI=1S/C10H17N3O.ClH/c1-3-14-7-8-4-11-6-10-9(8)5-12-13(10)2;/h5,8,11H,3-4,6-7H2,1-2H3;1H. The molecule has 4 nitrogen and oxygen atoms in total. The van der Waals surface area contributed by atoms with Crippen molar-refractivity contribution in [3.63, 3.8) is 0 Å². The Balaban J connectivity index is 0.00000112. The number of aromatic nitrogens is 2. The highest BCUT2D eigenvalue weighted by Crippen LogP contribution is 2.23. The van der Waals surface area contributed by atoms with Gasteiger partial charge in [-0.2, -0.15) is 5.10 Å². The van der Waals surface area contributed by atoms with E-state index in [0.29, 0.717) is 5.92 Å². The van der Waals surface area contributed by atoms with Crippen LogP contribution >= 0.6 is 12.4 Å². The zero-order valence-corrected chi connectivity index (χ0v) is 10.0. The summed E-state index contributed by atoms with van der Waals surface area (Å²) in [4.78, 5) is 0. The molecular weight excluding hydrogens is 214 g/mol. The van der Waals surface area contributed by atoms with Gasteiger partial charge in [0.05, 0.1) is 18.5 Å². The van der Waals surface area contributed by atoms with Crippen LogP contribution in [-0.2, 0) is 18.3 Å². The zero-order chi connectivity index (χ0) is 9.97. The number of fused-ring (bicyclic) bond motifs is 1. The molecule has 15 heavy (non-hydrogen) atoms. The minimum absolute atomic E-state index is 0. The summed E-state index contributed by atoms with van der Waals surface area (Å²) in [5.41, 5.74) is 2.64. The molecule has 5 heteroatoms. The Morgan fingerprint density at radius 3 is 3.20 bits per heavy atom.